The van der Waals surface area contributed by atoms with Gasteiger partial charge >= 0.3 is 0 Å². The van der Waals surface area contributed by atoms with Crippen LogP contribution in [0, 0.1) is 11.3 Å². The Morgan fingerprint density at radius 2 is 2.16 bits per heavy atom. The number of hydrogen-bond donors (Lipinski definition) is 0. The number of amides is 1. The van der Waals surface area contributed by atoms with Crippen LogP contribution in [0.2, 0.25) is 0 Å². The Balaban J connectivity index is 1.56. The van der Waals surface area contributed by atoms with Crippen molar-refractivity contribution < 1.29 is 9.53 Å². The number of nitriles is 1. The van der Waals surface area contributed by atoms with E-state index >= 15 is 0 Å². The zero-order chi connectivity index (χ0) is 17.5. The number of aromatic nitrogens is 2. The van der Waals surface area contributed by atoms with Gasteiger partial charge in [-0.25, -0.2) is 0 Å². The number of ether oxygens (including phenoxy) is 1. The first-order valence-corrected chi connectivity index (χ1v) is 8.62. The lowest BCUT2D eigenvalue weighted by Crippen LogP contribution is -2.47. The molecule has 0 spiro atoms. The van der Waals surface area contributed by atoms with Crippen LogP contribution in [-0.4, -0.2) is 39.8 Å². The highest BCUT2D eigenvalue weighted by Crippen LogP contribution is 2.19. The monoisotopic (exact) mass is 338 g/mol. The van der Waals surface area contributed by atoms with E-state index in [9.17, 15) is 4.79 Å². The number of carbonyl (C=O) groups excluding carboxylic acids is 1. The summed E-state index contributed by atoms with van der Waals surface area (Å²) in [5.74, 6) is 0.661. The van der Waals surface area contributed by atoms with Crippen molar-refractivity contribution in [3.63, 3.8) is 0 Å². The van der Waals surface area contributed by atoms with Crippen molar-refractivity contribution in [3.05, 3.63) is 48.3 Å². The minimum absolute atomic E-state index is 0.0120. The molecule has 3 rings (SSSR count). The summed E-state index contributed by atoms with van der Waals surface area (Å²) in [6.07, 6.45) is 7.22. The van der Waals surface area contributed by atoms with Crippen LogP contribution < -0.4 is 4.74 Å². The van der Waals surface area contributed by atoms with Gasteiger partial charge in [0, 0.05) is 18.9 Å². The molecule has 6 nitrogen and oxygen atoms in total. The number of benzene rings is 1. The topological polar surface area (TPSA) is 71.2 Å². The SMILES string of the molecule is N#CCc1ccc(OCC(=O)N2CCCC[C@H]2Cn2cccn2)cc1. The summed E-state index contributed by atoms with van der Waals surface area (Å²) in [4.78, 5) is 14.5. The molecule has 6 heteroatoms. The lowest BCUT2D eigenvalue weighted by molar-refractivity contribution is -0.137. The molecule has 2 aromatic rings. The van der Waals surface area contributed by atoms with Gasteiger partial charge in [-0.3, -0.25) is 9.48 Å². The first-order valence-electron chi connectivity index (χ1n) is 8.62. The molecule has 0 saturated carbocycles. The molecular formula is C19H22N4O2. The van der Waals surface area contributed by atoms with Gasteiger partial charge in [0.1, 0.15) is 5.75 Å². The third kappa shape index (κ3) is 4.60. The minimum atomic E-state index is 0.0120. The molecule has 1 aliphatic heterocycles. The van der Waals surface area contributed by atoms with Gasteiger partial charge in [-0.1, -0.05) is 12.1 Å². The number of carbonyl (C=O) groups is 1. The van der Waals surface area contributed by atoms with E-state index in [0.717, 1.165) is 37.9 Å². The maximum absolute atomic E-state index is 12.6. The van der Waals surface area contributed by atoms with Gasteiger partial charge in [-0.2, -0.15) is 10.4 Å². The molecule has 1 aromatic carbocycles. The van der Waals surface area contributed by atoms with Crippen LogP contribution in [0.3, 0.4) is 0 Å². The lowest BCUT2D eigenvalue weighted by Gasteiger charge is -2.35. The molecule has 25 heavy (non-hydrogen) atoms. The zero-order valence-electron chi connectivity index (χ0n) is 14.2. The molecule has 1 saturated heterocycles. The van der Waals surface area contributed by atoms with E-state index < -0.39 is 0 Å². The fourth-order valence-electron chi connectivity index (χ4n) is 3.17. The predicted octanol–water partition coefficient (Wildman–Crippen LogP) is 2.41. The van der Waals surface area contributed by atoms with E-state index in [4.69, 9.17) is 10.00 Å². The highest BCUT2D eigenvalue weighted by molar-refractivity contribution is 5.78. The smallest absolute Gasteiger partial charge is 0.260 e. The van der Waals surface area contributed by atoms with Crippen molar-refractivity contribution in [1.29, 1.82) is 5.26 Å². The predicted molar refractivity (Wildman–Crippen MR) is 92.8 cm³/mol. The molecular weight excluding hydrogens is 316 g/mol. The first kappa shape index (κ1) is 17.0. The molecule has 0 unspecified atom stereocenters. The van der Waals surface area contributed by atoms with Crippen LogP contribution in [0.1, 0.15) is 24.8 Å². The minimum Gasteiger partial charge on any atom is -0.484 e. The fourth-order valence-corrected chi connectivity index (χ4v) is 3.17. The molecule has 1 atom stereocenters. The Morgan fingerprint density at radius 3 is 2.88 bits per heavy atom. The largest absolute Gasteiger partial charge is 0.484 e. The molecule has 1 aliphatic rings. The van der Waals surface area contributed by atoms with Gasteiger partial charge in [0.2, 0.25) is 0 Å². The van der Waals surface area contributed by atoms with Crippen LogP contribution in [0.25, 0.3) is 0 Å². The van der Waals surface area contributed by atoms with Crippen LogP contribution in [0.15, 0.2) is 42.7 Å². The molecule has 0 bridgehead atoms. The molecule has 1 aromatic heterocycles. The van der Waals surface area contributed by atoms with Crippen LogP contribution in [-0.2, 0) is 17.8 Å². The van der Waals surface area contributed by atoms with Gasteiger partial charge in [0.25, 0.3) is 5.91 Å². The summed E-state index contributed by atoms with van der Waals surface area (Å²) in [6, 6.07) is 11.5. The third-order valence-corrected chi connectivity index (χ3v) is 4.47. The van der Waals surface area contributed by atoms with Crippen molar-refractivity contribution in [2.24, 2.45) is 0 Å². The van der Waals surface area contributed by atoms with Gasteiger partial charge in [-0.15, -0.1) is 0 Å². The molecule has 0 aliphatic carbocycles. The third-order valence-electron chi connectivity index (χ3n) is 4.47. The second kappa shape index (κ2) is 8.34. The average Bonchev–Trinajstić information content (AvgIpc) is 3.15. The van der Waals surface area contributed by atoms with Gasteiger partial charge < -0.3 is 9.64 Å². The maximum Gasteiger partial charge on any atom is 0.260 e. The summed E-state index contributed by atoms with van der Waals surface area (Å²) in [5, 5.41) is 12.9. The molecule has 130 valence electrons. The number of rotatable bonds is 6. The van der Waals surface area contributed by atoms with E-state index in [1.807, 2.05) is 34.0 Å². The molecule has 1 amide bonds. The molecule has 0 radical (unpaired) electrons. The standard InChI is InChI=1S/C19H22N4O2/c20-10-9-16-5-7-18(8-6-16)25-15-19(24)23-13-2-1-4-17(23)14-22-12-3-11-21-22/h3,5-8,11-12,17H,1-2,4,9,13-15H2/t17-/m0/s1. The van der Waals surface area contributed by atoms with E-state index in [0.29, 0.717) is 12.2 Å². The summed E-state index contributed by atoms with van der Waals surface area (Å²) < 4.78 is 7.52. The quantitative estimate of drug-likeness (QED) is 0.811. The summed E-state index contributed by atoms with van der Waals surface area (Å²) in [5.41, 5.74) is 0.941. The Hall–Kier alpha value is -2.81. The second-order valence-electron chi connectivity index (χ2n) is 6.23. The Labute approximate surface area is 147 Å². The van der Waals surface area contributed by atoms with Crippen LogP contribution >= 0.6 is 0 Å². The number of nitrogens with zero attached hydrogens (tertiary/aromatic N) is 4. The Kier molecular flexibility index (Phi) is 5.68. The Morgan fingerprint density at radius 1 is 1.32 bits per heavy atom. The average molecular weight is 338 g/mol. The van der Waals surface area contributed by atoms with E-state index in [-0.39, 0.29) is 18.6 Å². The van der Waals surface area contributed by atoms with Crippen molar-refractivity contribution in [3.8, 4) is 11.8 Å². The highest BCUT2D eigenvalue weighted by atomic mass is 16.5. The molecule has 1 fully saturated rings. The van der Waals surface area contributed by atoms with Gasteiger partial charge in [0.05, 0.1) is 25.1 Å². The maximum atomic E-state index is 12.6. The van der Waals surface area contributed by atoms with Crippen molar-refractivity contribution in [1.82, 2.24) is 14.7 Å². The van der Waals surface area contributed by atoms with Crippen molar-refractivity contribution in [2.45, 2.75) is 38.3 Å². The van der Waals surface area contributed by atoms with Crippen LogP contribution in [0.5, 0.6) is 5.75 Å². The first-order chi connectivity index (χ1) is 12.3. The summed E-state index contributed by atoms with van der Waals surface area (Å²) in [6.45, 7) is 1.53. The summed E-state index contributed by atoms with van der Waals surface area (Å²) >= 11 is 0. The highest BCUT2D eigenvalue weighted by Gasteiger charge is 2.27. The van der Waals surface area contributed by atoms with E-state index in [1.54, 1.807) is 18.3 Å². The van der Waals surface area contributed by atoms with Crippen molar-refractivity contribution >= 4 is 5.91 Å². The summed E-state index contributed by atoms with van der Waals surface area (Å²) in [7, 11) is 0. The number of piperidine rings is 1. The normalized spacial score (nSPS) is 17.1. The van der Waals surface area contributed by atoms with Gasteiger partial charge in [0.15, 0.2) is 6.61 Å². The lowest BCUT2D eigenvalue weighted by atomic mass is 10.0. The fraction of sp³-hybridized carbons (Fsp3) is 0.421. The Bertz CT molecular complexity index is 719. The number of hydrogen-bond acceptors (Lipinski definition) is 4. The molecule has 0 N–H and O–H groups in total. The van der Waals surface area contributed by atoms with Crippen molar-refractivity contribution in [2.75, 3.05) is 13.2 Å². The number of likely N-dealkylation sites (tertiary alicyclic amines) is 1. The molecule has 2 heterocycles. The van der Waals surface area contributed by atoms with Gasteiger partial charge in [-0.05, 0) is 43.0 Å². The second-order valence-corrected chi connectivity index (χ2v) is 6.23. The van der Waals surface area contributed by atoms with Crippen LogP contribution in [0.4, 0.5) is 0 Å². The van der Waals surface area contributed by atoms with E-state index in [1.165, 1.54) is 0 Å². The zero-order valence-corrected chi connectivity index (χ0v) is 14.2. The van der Waals surface area contributed by atoms with E-state index in [2.05, 4.69) is 11.2 Å².